The van der Waals surface area contributed by atoms with Crippen LogP contribution < -0.4 is 14.8 Å². The summed E-state index contributed by atoms with van der Waals surface area (Å²) in [7, 11) is 0. The van der Waals surface area contributed by atoms with Crippen LogP contribution >= 0.6 is 43.5 Å². The monoisotopic (exact) mass is 588 g/mol. The molecular formula is C25H19Br2ClN2O3. The maximum Gasteiger partial charge on any atom is 0.266 e. The minimum atomic E-state index is -0.528. The van der Waals surface area contributed by atoms with E-state index in [9.17, 15) is 10.1 Å². The molecule has 0 aliphatic heterocycles. The SMILES string of the molecule is CCOc1cc(/C=C(\C#N)C(=O)Nc2ccc(Cl)cc2)c(Br)cc1OCc1ccc(Br)cc1. The number of hydrogen-bond donors (Lipinski definition) is 1. The van der Waals surface area contributed by atoms with Gasteiger partial charge in [-0.2, -0.15) is 5.26 Å². The van der Waals surface area contributed by atoms with Crippen LogP contribution in [0.1, 0.15) is 18.1 Å². The van der Waals surface area contributed by atoms with Crippen molar-refractivity contribution in [1.82, 2.24) is 0 Å². The number of nitrogens with zero attached hydrogens (tertiary/aromatic N) is 1. The molecule has 8 heteroatoms. The highest BCUT2D eigenvalue weighted by Gasteiger charge is 2.14. The molecule has 0 aliphatic rings. The zero-order chi connectivity index (χ0) is 23.8. The van der Waals surface area contributed by atoms with Crippen LogP contribution in [0.25, 0.3) is 6.08 Å². The molecule has 3 aromatic carbocycles. The van der Waals surface area contributed by atoms with Gasteiger partial charge in [-0.05, 0) is 72.7 Å². The Balaban J connectivity index is 1.83. The van der Waals surface area contributed by atoms with Gasteiger partial charge in [0.1, 0.15) is 18.2 Å². The molecule has 33 heavy (non-hydrogen) atoms. The molecule has 0 saturated carbocycles. The van der Waals surface area contributed by atoms with Gasteiger partial charge in [-0.25, -0.2) is 0 Å². The van der Waals surface area contributed by atoms with Crippen LogP contribution in [0, 0.1) is 11.3 Å². The fourth-order valence-corrected chi connectivity index (χ4v) is 3.65. The van der Waals surface area contributed by atoms with E-state index in [0.29, 0.717) is 45.5 Å². The van der Waals surface area contributed by atoms with E-state index in [2.05, 4.69) is 37.2 Å². The first-order valence-electron chi connectivity index (χ1n) is 9.92. The average Bonchev–Trinajstić information content (AvgIpc) is 2.80. The van der Waals surface area contributed by atoms with Crippen molar-refractivity contribution in [3.8, 4) is 17.6 Å². The van der Waals surface area contributed by atoms with Crippen LogP contribution in [0.2, 0.25) is 5.02 Å². The number of ether oxygens (including phenoxy) is 2. The van der Waals surface area contributed by atoms with Gasteiger partial charge >= 0.3 is 0 Å². The third-order valence-electron chi connectivity index (χ3n) is 4.44. The molecule has 3 aromatic rings. The minimum absolute atomic E-state index is 0.0587. The van der Waals surface area contributed by atoms with E-state index in [4.69, 9.17) is 21.1 Å². The molecule has 0 radical (unpaired) electrons. The Bertz CT molecular complexity index is 1200. The molecule has 168 valence electrons. The summed E-state index contributed by atoms with van der Waals surface area (Å²) in [6.07, 6.45) is 1.50. The maximum atomic E-state index is 12.6. The van der Waals surface area contributed by atoms with Gasteiger partial charge in [-0.1, -0.05) is 55.6 Å². The van der Waals surface area contributed by atoms with E-state index >= 15 is 0 Å². The Hall–Kier alpha value is -2.79. The Morgan fingerprint density at radius 2 is 1.73 bits per heavy atom. The standard InChI is InChI=1S/C25H19Br2ClN2O3/c1-2-32-23-12-17(11-18(14-29)25(31)30-21-9-7-20(28)8-10-21)22(27)13-24(23)33-15-16-3-5-19(26)6-4-16/h3-13H,2,15H2,1H3,(H,30,31)/b18-11+. The lowest BCUT2D eigenvalue weighted by atomic mass is 10.1. The summed E-state index contributed by atoms with van der Waals surface area (Å²) in [5.74, 6) is 0.535. The lowest BCUT2D eigenvalue weighted by molar-refractivity contribution is -0.112. The maximum absolute atomic E-state index is 12.6. The highest BCUT2D eigenvalue weighted by molar-refractivity contribution is 9.10. The lowest BCUT2D eigenvalue weighted by Gasteiger charge is -2.14. The van der Waals surface area contributed by atoms with Gasteiger partial charge in [0.25, 0.3) is 5.91 Å². The second kappa shape index (κ2) is 11.9. The molecule has 5 nitrogen and oxygen atoms in total. The van der Waals surface area contributed by atoms with Crippen molar-refractivity contribution < 1.29 is 14.3 Å². The molecule has 0 saturated heterocycles. The molecule has 0 unspecified atom stereocenters. The van der Waals surface area contributed by atoms with E-state index in [1.54, 1.807) is 36.4 Å². The summed E-state index contributed by atoms with van der Waals surface area (Å²) in [6, 6.07) is 19.9. The van der Waals surface area contributed by atoms with Crippen molar-refractivity contribution in [2.75, 3.05) is 11.9 Å². The normalized spacial score (nSPS) is 10.9. The molecule has 0 bridgehead atoms. The first kappa shape index (κ1) is 24.8. The van der Waals surface area contributed by atoms with Gasteiger partial charge in [0.05, 0.1) is 6.61 Å². The molecule has 0 atom stereocenters. The van der Waals surface area contributed by atoms with E-state index in [0.717, 1.165) is 10.0 Å². The number of anilines is 1. The van der Waals surface area contributed by atoms with Gasteiger partial charge in [-0.15, -0.1) is 0 Å². The fourth-order valence-electron chi connectivity index (χ4n) is 2.82. The summed E-state index contributed by atoms with van der Waals surface area (Å²) in [5.41, 5.74) is 2.09. The molecule has 0 aromatic heterocycles. The van der Waals surface area contributed by atoms with Crippen molar-refractivity contribution in [3.63, 3.8) is 0 Å². The number of rotatable bonds is 8. The largest absolute Gasteiger partial charge is 0.490 e. The molecule has 1 N–H and O–H groups in total. The summed E-state index contributed by atoms with van der Waals surface area (Å²) < 4.78 is 13.4. The number of hydrogen-bond acceptors (Lipinski definition) is 4. The summed E-state index contributed by atoms with van der Waals surface area (Å²) in [4.78, 5) is 12.6. The van der Waals surface area contributed by atoms with Crippen LogP contribution in [-0.4, -0.2) is 12.5 Å². The summed E-state index contributed by atoms with van der Waals surface area (Å²) in [6.45, 7) is 2.67. The molecule has 0 spiro atoms. The molecule has 0 heterocycles. The predicted octanol–water partition coefficient (Wildman–Crippen LogP) is 7.39. The number of benzene rings is 3. The van der Waals surface area contributed by atoms with Crippen LogP contribution in [0.3, 0.4) is 0 Å². The first-order valence-corrected chi connectivity index (χ1v) is 11.9. The minimum Gasteiger partial charge on any atom is -0.490 e. The number of carbonyl (C=O) groups is 1. The molecule has 3 rings (SSSR count). The van der Waals surface area contributed by atoms with Gasteiger partial charge in [0.2, 0.25) is 0 Å². The van der Waals surface area contributed by atoms with Crippen molar-refractivity contribution in [2.45, 2.75) is 13.5 Å². The topological polar surface area (TPSA) is 71.3 Å². The van der Waals surface area contributed by atoms with E-state index in [1.807, 2.05) is 37.3 Å². The van der Waals surface area contributed by atoms with Crippen molar-refractivity contribution in [2.24, 2.45) is 0 Å². The van der Waals surface area contributed by atoms with Gasteiger partial charge in [-0.3, -0.25) is 4.79 Å². The zero-order valence-electron chi connectivity index (χ0n) is 17.6. The second-order valence-electron chi connectivity index (χ2n) is 6.80. The average molecular weight is 591 g/mol. The Morgan fingerprint density at radius 3 is 2.36 bits per heavy atom. The smallest absolute Gasteiger partial charge is 0.266 e. The highest BCUT2D eigenvalue weighted by atomic mass is 79.9. The highest BCUT2D eigenvalue weighted by Crippen LogP contribution is 2.35. The van der Waals surface area contributed by atoms with Crippen LogP contribution in [0.5, 0.6) is 11.5 Å². The second-order valence-corrected chi connectivity index (χ2v) is 9.01. The number of amides is 1. The van der Waals surface area contributed by atoms with Gasteiger partial charge < -0.3 is 14.8 Å². The summed E-state index contributed by atoms with van der Waals surface area (Å²) in [5, 5.41) is 12.8. The quantitative estimate of drug-likeness (QED) is 0.219. The van der Waals surface area contributed by atoms with Crippen molar-refractivity contribution in [3.05, 3.63) is 91.3 Å². The van der Waals surface area contributed by atoms with Crippen LogP contribution in [-0.2, 0) is 11.4 Å². The van der Waals surface area contributed by atoms with Gasteiger partial charge in [0.15, 0.2) is 11.5 Å². The number of nitriles is 1. The third-order valence-corrected chi connectivity index (χ3v) is 5.90. The lowest BCUT2D eigenvalue weighted by Crippen LogP contribution is -2.13. The number of halogens is 3. The number of nitrogens with one attached hydrogen (secondary N) is 1. The molecule has 0 aliphatic carbocycles. The van der Waals surface area contributed by atoms with E-state index < -0.39 is 5.91 Å². The predicted molar refractivity (Wildman–Crippen MR) is 137 cm³/mol. The van der Waals surface area contributed by atoms with Crippen molar-refractivity contribution >= 4 is 61.1 Å². The van der Waals surface area contributed by atoms with E-state index in [1.165, 1.54) is 6.08 Å². The van der Waals surface area contributed by atoms with Crippen LogP contribution in [0.4, 0.5) is 5.69 Å². The summed E-state index contributed by atoms with van der Waals surface area (Å²) >= 11 is 12.8. The first-order chi connectivity index (χ1) is 15.9. The Kier molecular flexibility index (Phi) is 8.95. The molecular weight excluding hydrogens is 572 g/mol. The Morgan fingerprint density at radius 1 is 1.06 bits per heavy atom. The van der Waals surface area contributed by atoms with Crippen molar-refractivity contribution in [1.29, 1.82) is 5.26 Å². The molecule has 1 amide bonds. The van der Waals surface area contributed by atoms with Crippen LogP contribution in [0.15, 0.2) is 75.2 Å². The third kappa shape index (κ3) is 7.10. The molecule has 0 fully saturated rings. The fraction of sp³-hybridized carbons (Fsp3) is 0.120. The van der Waals surface area contributed by atoms with Gasteiger partial charge in [0, 0.05) is 19.7 Å². The Labute approximate surface area is 214 Å². The van der Waals surface area contributed by atoms with E-state index in [-0.39, 0.29) is 5.57 Å². The number of carbonyl (C=O) groups excluding carboxylic acids is 1. The zero-order valence-corrected chi connectivity index (χ0v) is 21.5.